The van der Waals surface area contributed by atoms with Gasteiger partial charge in [0.15, 0.2) is 0 Å². The van der Waals surface area contributed by atoms with Gasteiger partial charge in [-0.25, -0.2) is 0 Å². The summed E-state index contributed by atoms with van der Waals surface area (Å²) >= 11 is 0. The Morgan fingerprint density at radius 3 is 2.54 bits per heavy atom. The van der Waals surface area contributed by atoms with Gasteiger partial charge in [-0.2, -0.15) is 0 Å². The van der Waals surface area contributed by atoms with Crippen LogP contribution in [-0.2, 0) is 24.3 Å². The molecule has 1 aliphatic heterocycles. The van der Waals surface area contributed by atoms with Crippen molar-refractivity contribution < 1.29 is 4.79 Å². The number of amides is 1. The molecule has 2 aromatic rings. The van der Waals surface area contributed by atoms with Crippen molar-refractivity contribution in [3.63, 3.8) is 0 Å². The predicted octanol–water partition coefficient (Wildman–Crippen LogP) is 2.63. The molecule has 0 bridgehead atoms. The maximum absolute atomic E-state index is 11.5. The molecule has 3 rings (SSSR count). The molecule has 1 aliphatic rings. The number of halogens is 1. The van der Waals surface area contributed by atoms with Gasteiger partial charge in [0.25, 0.3) is 0 Å². The third-order valence-corrected chi connectivity index (χ3v) is 4.26. The number of carbonyl (C=O) groups is 1. The van der Waals surface area contributed by atoms with E-state index in [2.05, 4.69) is 58.7 Å². The van der Waals surface area contributed by atoms with Gasteiger partial charge in [0.05, 0.1) is 6.04 Å². The molecule has 2 aromatic carbocycles. The average molecular weight is 346 g/mol. The Kier molecular flexibility index (Phi) is 6.23. The van der Waals surface area contributed by atoms with Gasteiger partial charge in [0, 0.05) is 25.3 Å². The number of hydrogen-bond donors (Lipinski definition) is 2. The minimum absolute atomic E-state index is 0. The molecule has 128 valence electrons. The van der Waals surface area contributed by atoms with Crippen molar-refractivity contribution in [3.8, 4) is 0 Å². The minimum atomic E-state index is -0.468. The Bertz CT molecular complexity index is 685. The third kappa shape index (κ3) is 4.28. The first-order valence-corrected chi connectivity index (χ1v) is 8.07. The highest BCUT2D eigenvalue weighted by molar-refractivity contribution is 5.85. The molecule has 5 heteroatoms. The zero-order chi connectivity index (χ0) is 16.2. The first kappa shape index (κ1) is 18.3. The lowest BCUT2D eigenvalue weighted by molar-refractivity contribution is -0.122. The van der Waals surface area contributed by atoms with Gasteiger partial charge in [-0.15, -0.1) is 12.4 Å². The van der Waals surface area contributed by atoms with Crippen LogP contribution in [0.2, 0.25) is 0 Å². The minimum Gasteiger partial charge on any atom is -0.367 e. The number of para-hydroxylation sites is 1. The molecular weight excluding hydrogens is 322 g/mol. The Morgan fingerprint density at radius 2 is 1.83 bits per heavy atom. The fourth-order valence-corrected chi connectivity index (χ4v) is 2.90. The van der Waals surface area contributed by atoms with Gasteiger partial charge in [0.1, 0.15) is 0 Å². The number of carbonyl (C=O) groups excluding carboxylic acids is 1. The predicted molar refractivity (Wildman–Crippen MR) is 100 cm³/mol. The second-order valence-corrected chi connectivity index (χ2v) is 6.12. The molecule has 1 atom stereocenters. The summed E-state index contributed by atoms with van der Waals surface area (Å²) in [4.78, 5) is 13.9. The highest BCUT2D eigenvalue weighted by Crippen LogP contribution is 2.28. The Hall–Kier alpha value is -2.04. The Morgan fingerprint density at radius 1 is 1.17 bits per heavy atom. The summed E-state index contributed by atoms with van der Waals surface area (Å²) < 4.78 is 0. The molecule has 1 unspecified atom stereocenters. The SMILES string of the molecule is CC(N)C(=O)NCc1ccc(CN2CCc3ccccc32)cc1.Cl. The molecule has 0 aromatic heterocycles. The third-order valence-electron chi connectivity index (χ3n) is 4.26. The van der Waals surface area contributed by atoms with Gasteiger partial charge in [-0.05, 0) is 36.1 Å². The first-order chi connectivity index (χ1) is 11.1. The van der Waals surface area contributed by atoms with Gasteiger partial charge in [-0.3, -0.25) is 4.79 Å². The molecule has 1 heterocycles. The molecule has 4 nitrogen and oxygen atoms in total. The topological polar surface area (TPSA) is 58.4 Å². The highest BCUT2D eigenvalue weighted by atomic mass is 35.5. The van der Waals surface area contributed by atoms with E-state index in [0.717, 1.165) is 25.1 Å². The normalized spacial score (nSPS) is 13.8. The second kappa shape index (κ2) is 8.18. The van der Waals surface area contributed by atoms with Crippen molar-refractivity contribution in [2.24, 2.45) is 5.73 Å². The smallest absolute Gasteiger partial charge is 0.236 e. The zero-order valence-electron chi connectivity index (χ0n) is 13.9. The summed E-state index contributed by atoms with van der Waals surface area (Å²) in [5.74, 6) is -0.122. The molecule has 0 saturated carbocycles. The van der Waals surface area contributed by atoms with Crippen LogP contribution in [0.15, 0.2) is 48.5 Å². The van der Waals surface area contributed by atoms with Crippen LogP contribution in [0.1, 0.15) is 23.6 Å². The molecule has 3 N–H and O–H groups in total. The van der Waals surface area contributed by atoms with E-state index < -0.39 is 6.04 Å². The Labute approximate surface area is 149 Å². The van der Waals surface area contributed by atoms with Crippen LogP contribution in [0.5, 0.6) is 0 Å². The largest absolute Gasteiger partial charge is 0.367 e. The number of nitrogens with zero attached hydrogens (tertiary/aromatic N) is 1. The van der Waals surface area contributed by atoms with Gasteiger partial charge in [0.2, 0.25) is 5.91 Å². The maximum Gasteiger partial charge on any atom is 0.236 e. The summed E-state index contributed by atoms with van der Waals surface area (Å²) in [6, 6.07) is 16.5. The molecule has 1 amide bonds. The molecule has 0 aliphatic carbocycles. The molecule has 0 spiro atoms. The standard InChI is InChI=1S/C19H23N3O.ClH/c1-14(20)19(23)21-12-15-6-8-16(9-7-15)13-22-11-10-17-4-2-3-5-18(17)22;/h2-9,14H,10-13,20H2,1H3,(H,21,23);1H. The van der Waals surface area contributed by atoms with Gasteiger partial charge in [-0.1, -0.05) is 42.5 Å². The van der Waals surface area contributed by atoms with Crippen LogP contribution < -0.4 is 16.0 Å². The van der Waals surface area contributed by atoms with E-state index in [1.165, 1.54) is 16.8 Å². The Balaban J connectivity index is 0.00000208. The lowest BCUT2D eigenvalue weighted by Crippen LogP contribution is -2.37. The average Bonchev–Trinajstić information content (AvgIpc) is 2.97. The van der Waals surface area contributed by atoms with E-state index >= 15 is 0 Å². The molecule has 24 heavy (non-hydrogen) atoms. The molecule has 0 radical (unpaired) electrons. The number of nitrogens with one attached hydrogen (secondary N) is 1. The van der Waals surface area contributed by atoms with Crippen molar-refractivity contribution in [1.82, 2.24) is 5.32 Å². The second-order valence-electron chi connectivity index (χ2n) is 6.12. The van der Waals surface area contributed by atoms with E-state index in [0.29, 0.717) is 6.54 Å². The first-order valence-electron chi connectivity index (χ1n) is 8.07. The fourth-order valence-electron chi connectivity index (χ4n) is 2.90. The van der Waals surface area contributed by atoms with Crippen molar-refractivity contribution >= 4 is 24.0 Å². The monoisotopic (exact) mass is 345 g/mol. The van der Waals surface area contributed by atoms with E-state index in [4.69, 9.17) is 5.73 Å². The summed E-state index contributed by atoms with van der Waals surface area (Å²) in [6.45, 7) is 4.20. The maximum atomic E-state index is 11.5. The van der Waals surface area contributed by atoms with Crippen LogP contribution in [0.4, 0.5) is 5.69 Å². The van der Waals surface area contributed by atoms with Crippen LogP contribution in [0.3, 0.4) is 0 Å². The zero-order valence-corrected chi connectivity index (χ0v) is 14.7. The number of anilines is 1. The van der Waals surface area contributed by atoms with Gasteiger partial charge < -0.3 is 16.0 Å². The van der Waals surface area contributed by atoms with Crippen LogP contribution >= 0.6 is 12.4 Å². The number of benzene rings is 2. The highest BCUT2D eigenvalue weighted by Gasteiger charge is 2.18. The van der Waals surface area contributed by atoms with E-state index in [-0.39, 0.29) is 18.3 Å². The number of hydrogen-bond acceptors (Lipinski definition) is 3. The van der Waals surface area contributed by atoms with Crippen molar-refractivity contribution in [3.05, 3.63) is 65.2 Å². The van der Waals surface area contributed by atoms with E-state index in [1.807, 2.05) is 0 Å². The van der Waals surface area contributed by atoms with Gasteiger partial charge >= 0.3 is 0 Å². The number of rotatable bonds is 5. The van der Waals surface area contributed by atoms with E-state index in [9.17, 15) is 4.79 Å². The number of fused-ring (bicyclic) bond motifs is 1. The van der Waals surface area contributed by atoms with Crippen molar-refractivity contribution in [1.29, 1.82) is 0 Å². The molecule has 0 fully saturated rings. The summed E-state index contributed by atoms with van der Waals surface area (Å²) in [5, 5.41) is 2.83. The summed E-state index contributed by atoms with van der Waals surface area (Å²) in [7, 11) is 0. The van der Waals surface area contributed by atoms with Crippen molar-refractivity contribution in [2.45, 2.75) is 32.5 Å². The van der Waals surface area contributed by atoms with E-state index in [1.54, 1.807) is 6.92 Å². The molecule has 0 saturated heterocycles. The lowest BCUT2D eigenvalue weighted by Gasteiger charge is -2.19. The quantitative estimate of drug-likeness (QED) is 0.875. The van der Waals surface area contributed by atoms with Crippen LogP contribution in [0, 0.1) is 0 Å². The number of nitrogens with two attached hydrogens (primary N) is 1. The fraction of sp³-hybridized carbons (Fsp3) is 0.316. The summed E-state index contributed by atoms with van der Waals surface area (Å²) in [5.41, 5.74) is 10.7. The van der Waals surface area contributed by atoms with Crippen molar-refractivity contribution in [2.75, 3.05) is 11.4 Å². The summed E-state index contributed by atoms with van der Waals surface area (Å²) in [6.07, 6.45) is 1.12. The van der Waals surface area contributed by atoms with Crippen LogP contribution in [-0.4, -0.2) is 18.5 Å². The van der Waals surface area contributed by atoms with Crippen LogP contribution in [0.25, 0.3) is 0 Å². The molecular formula is C19H24ClN3O. The lowest BCUT2D eigenvalue weighted by atomic mass is 10.1.